The summed E-state index contributed by atoms with van der Waals surface area (Å²) in [6.07, 6.45) is -1.86. The Hall–Kier alpha value is -4.23. The quantitative estimate of drug-likeness (QED) is 0.237. The number of para-hydroxylation sites is 1. The predicted octanol–water partition coefficient (Wildman–Crippen LogP) is -0.253. The van der Waals surface area contributed by atoms with Crippen molar-refractivity contribution in [1.82, 2.24) is 10.2 Å². The lowest BCUT2D eigenvalue weighted by Crippen LogP contribution is -2.55. The van der Waals surface area contributed by atoms with E-state index in [2.05, 4.69) is 22.9 Å². The minimum Gasteiger partial charge on any atom is -0.480 e. The number of aliphatic imine (C=N–C) groups is 1. The van der Waals surface area contributed by atoms with Crippen molar-refractivity contribution in [3.05, 3.63) is 65.7 Å². The molecular weight excluding hydrogens is 524 g/mol. The second kappa shape index (κ2) is 13.0. The molecule has 0 saturated heterocycles. The monoisotopic (exact) mass is 554 g/mol. The number of nitrogens with one attached hydrogen (secondary N) is 1. The predicted molar refractivity (Wildman–Crippen MR) is 147 cm³/mol. The Kier molecular flexibility index (Phi) is 9.79. The van der Waals surface area contributed by atoms with E-state index in [9.17, 15) is 29.1 Å². The van der Waals surface area contributed by atoms with E-state index >= 15 is 0 Å². The standard InChI is InChI=1S/C26H30N6O6S/c1-31(24(35)17(27)14-39)23-25(36)32(13-21(34)29-18(26(37)38)11-12-20(28)33)19-10-6-5-9-16(19)22(30-23)15-7-3-2-4-8-15/h2-10,17-18,23,39H,11-14,27H2,1H3,(H2,28,33)(H,29,34)(H,37,38)/t17?,18-,23?/m0/s1. The van der Waals surface area contributed by atoms with Gasteiger partial charge in [-0.1, -0.05) is 48.5 Å². The van der Waals surface area contributed by atoms with Crippen LogP contribution in [0.3, 0.4) is 0 Å². The number of nitrogens with two attached hydrogens (primary N) is 2. The number of aliphatic carboxylic acids is 1. The second-order valence-electron chi connectivity index (χ2n) is 8.86. The topological polar surface area (TPSA) is 188 Å². The van der Waals surface area contributed by atoms with Crippen LogP contribution in [0.4, 0.5) is 5.69 Å². The zero-order valence-corrected chi connectivity index (χ0v) is 22.1. The molecule has 12 nitrogen and oxygen atoms in total. The third kappa shape index (κ3) is 7.00. The van der Waals surface area contributed by atoms with Crippen LogP contribution in [-0.2, 0) is 24.0 Å². The average Bonchev–Trinajstić information content (AvgIpc) is 3.04. The van der Waals surface area contributed by atoms with Crippen LogP contribution in [0.2, 0.25) is 0 Å². The number of carbonyl (C=O) groups is 5. The van der Waals surface area contributed by atoms with Gasteiger partial charge in [0.05, 0.1) is 17.4 Å². The maximum atomic E-state index is 13.9. The van der Waals surface area contributed by atoms with Crippen LogP contribution in [0.1, 0.15) is 24.0 Å². The molecule has 1 heterocycles. The van der Waals surface area contributed by atoms with E-state index < -0.39 is 54.4 Å². The van der Waals surface area contributed by atoms with Crippen molar-refractivity contribution in [3.8, 4) is 0 Å². The van der Waals surface area contributed by atoms with Gasteiger partial charge in [0, 0.05) is 30.3 Å². The molecule has 0 radical (unpaired) electrons. The number of primary amides is 1. The van der Waals surface area contributed by atoms with Gasteiger partial charge in [-0.05, 0) is 12.5 Å². The first-order valence-electron chi connectivity index (χ1n) is 12.0. The lowest BCUT2D eigenvalue weighted by atomic mass is 10.0. The van der Waals surface area contributed by atoms with Crippen LogP contribution < -0.4 is 21.7 Å². The highest BCUT2D eigenvalue weighted by Gasteiger charge is 2.38. The first-order chi connectivity index (χ1) is 18.5. The second-order valence-corrected chi connectivity index (χ2v) is 9.23. The maximum absolute atomic E-state index is 13.9. The van der Waals surface area contributed by atoms with Gasteiger partial charge in [0.2, 0.25) is 23.9 Å². The van der Waals surface area contributed by atoms with E-state index in [1.807, 2.05) is 6.07 Å². The van der Waals surface area contributed by atoms with Crippen molar-refractivity contribution in [2.24, 2.45) is 16.5 Å². The van der Waals surface area contributed by atoms with Gasteiger partial charge in [-0.25, -0.2) is 9.79 Å². The van der Waals surface area contributed by atoms with E-state index in [1.165, 1.54) is 7.05 Å². The molecule has 2 aromatic carbocycles. The van der Waals surface area contributed by atoms with Crippen molar-refractivity contribution >= 4 is 53.6 Å². The van der Waals surface area contributed by atoms with E-state index in [0.717, 1.165) is 9.80 Å². The van der Waals surface area contributed by atoms with Gasteiger partial charge in [0.15, 0.2) is 0 Å². The summed E-state index contributed by atoms with van der Waals surface area (Å²) in [6.45, 7) is -0.578. The molecule has 39 heavy (non-hydrogen) atoms. The number of thiol groups is 1. The molecule has 3 rings (SSSR count). The summed E-state index contributed by atoms with van der Waals surface area (Å²) >= 11 is 4.08. The molecule has 206 valence electrons. The first kappa shape index (κ1) is 29.3. The summed E-state index contributed by atoms with van der Waals surface area (Å²) in [5.41, 5.74) is 13.0. The normalized spacial score (nSPS) is 16.3. The number of rotatable bonds is 11. The number of hydrogen-bond donors (Lipinski definition) is 5. The largest absolute Gasteiger partial charge is 0.480 e. The van der Waals surface area contributed by atoms with Crippen molar-refractivity contribution in [3.63, 3.8) is 0 Å². The first-order valence-corrected chi connectivity index (χ1v) is 12.7. The molecule has 0 aromatic heterocycles. The number of hydrogen-bond acceptors (Lipinski definition) is 8. The molecule has 0 spiro atoms. The number of amides is 4. The molecule has 0 bridgehead atoms. The molecule has 2 unspecified atom stereocenters. The van der Waals surface area contributed by atoms with Crippen LogP contribution in [0.25, 0.3) is 0 Å². The van der Waals surface area contributed by atoms with Crippen LogP contribution >= 0.6 is 12.6 Å². The number of carbonyl (C=O) groups excluding carboxylic acids is 4. The fourth-order valence-electron chi connectivity index (χ4n) is 4.04. The molecule has 6 N–H and O–H groups in total. The van der Waals surface area contributed by atoms with Crippen LogP contribution in [0.5, 0.6) is 0 Å². The summed E-state index contributed by atoms with van der Waals surface area (Å²) in [4.78, 5) is 69.6. The van der Waals surface area contributed by atoms with Crippen molar-refractivity contribution in [1.29, 1.82) is 0 Å². The van der Waals surface area contributed by atoms with Crippen molar-refractivity contribution in [2.45, 2.75) is 31.1 Å². The minimum absolute atomic E-state index is 0.0353. The number of benzodiazepines with no additional fused rings is 1. The molecule has 0 aliphatic carbocycles. The zero-order chi connectivity index (χ0) is 28.7. The fraction of sp³-hybridized carbons (Fsp3) is 0.308. The SMILES string of the molecule is CN(C(=O)C(N)CS)C1N=C(c2ccccc2)c2ccccc2N(CC(=O)N[C@@H](CCC(N)=O)C(=O)O)C1=O. The Morgan fingerprint density at radius 1 is 1.13 bits per heavy atom. The summed E-state index contributed by atoms with van der Waals surface area (Å²) in [5.74, 6) is -4.10. The molecule has 1 aliphatic heterocycles. The third-order valence-corrected chi connectivity index (χ3v) is 6.47. The van der Waals surface area contributed by atoms with Gasteiger partial charge in [0.25, 0.3) is 5.91 Å². The average molecular weight is 555 g/mol. The number of carboxylic acids is 1. The lowest BCUT2D eigenvalue weighted by molar-refractivity contribution is -0.142. The van der Waals surface area contributed by atoms with Gasteiger partial charge >= 0.3 is 5.97 Å². The fourth-order valence-corrected chi connectivity index (χ4v) is 4.20. The van der Waals surface area contributed by atoms with Crippen molar-refractivity contribution in [2.75, 3.05) is 24.2 Å². The number of nitrogens with zero attached hydrogens (tertiary/aromatic N) is 3. The van der Waals surface area contributed by atoms with Gasteiger partial charge < -0.3 is 26.8 Å². The molecule has 13 heteroatoms. The number of carboxylic acid groups (broad SMARTS) is 1. The smallest absolute Gasteiger partial charge is 0.326 e. The van der Waals surface area contributed by atoms with Gasteiger partial charge in [-0.3, -0.25) is 24.1 Å². The molecule has 2 aromatic rings. The number of benzene rings is 2. The molecule has 4 amide bonds. The summed E-state index contributed by atoms with van der Waals surface area (Å²) in [6, 6.07) is 13.4. The zero-order valence-electron chi connectivity index (χ0n) is 21.2. The van der Waals surface area contributed by atoms with E-state index in [0.29, 0.717) is 22.5 Å². The molecule has 0 saturated carbocycles. The Morgan fingerprint density at radius 3 is 2.38 bits per heavy atom. The Labute approximate surface area is 230 Å². The number of anilines is 1. The van der Waals surface area contributed by atoms with Gasteiger partial charge in [-0.15, -0.1) is 0 Å². The summed E-state index contributed by atoms with van der Waals surface area (Å²) in [7, 11) is 1.39. The molecule has 0 fully saturated rings. The summed E-state index contributed by atoms with van der Waals surface area (Å²) < 4.78 is 0. The number of fused-ring (bicyclic) bond motifs is 1. The Morgan fingerprint density at radius 2 is 1.77 bits per heavy atom. The maximum Gasteiger partial charge on any atom is 0.326 e. The Bertz CT molecular complexity index is 1290. The highest BCUT2D eigenvalue weighted by Crippen LogP contribution is 2.29. The van der Waals surface area contributed by atoms with E-state index in [4.69, 9.17) is 11.5 Å². The number of likely N-dealkylation sites (N-methyl/N-ethyl adjacent to an activating group) is 1. The third-order valence-electron chi connectivity index (χ3n) is 6.08. The van der Waals surface area contributed by atoms with Crippen LogP contribution in [-0.4, -0.2) is 82.9 Å². The molecular formula is C26H30N6O6S. The highest BCUT2D eigenvalue weighted by atomic mass is 32.1. The molecule has 3 atom stereocenters. The van der Waals surface area contributed by atoms with Crippen LogP contribution in [0.15, 0.2) is 59.6 Å². The van der Waals surface area contributed by atoms with Gasteiger partial charge in [0.1, 0.15) is 12.6 Å². The van der Waals surface area contributed by atoms with E-state index in [-0.39, 0.29) is 18.6 Å². The minimum atomic E-state index is -1.40. The molecule has 1 aliphatic rings. The summed E-state index contributed by atoms with van der Waals surface area (Å²) in [5, 5.41) is 11.8. The lowest BCUT2D eigenvalue weighted by Gasteiger charge is -2.30. The van der Waals surface area contributed by atoms with Crippen molar-refractivity contribution < 1.29 is 29.1 Å². The van der Waals surface area contributed by atoms with E-state index in [1.54, 1.807) is 48.5 Å². The Balaban J connectivity index is 2.05. The van der Waals surface area contributed by atoms with Gasteiger partial charge in [-0.2, -0.15) is 12.6 Å². The van der Waals surface area contributed by atoms with Crippen LogP contribution in [0, 0.1) is 0 Å². The highest BCUT2D eigenvalue weighted by molar-refractivity contribution is 7.80.